The number of rotatable bonds is 10. The molecule has 154 valence electrons. The van der Waals surface area contributed by atoms with Crippen LogP contribution >= 0.6 is 0 Å². The number of hydrogen-bond acceptors (Lipinski definition) is 4. The molecule has 0 aliphatic carbocycles. The number of Topliss-reactive ketones (excluding diaryl/α,β-unsaturated/α-hetero) is 1. The van der Waals surface area contributed by atoms with Gasteiger partial charge in [0, 0.05) is 25.3 Å². The van der Waals surface area contributed by atoms with Gasteiger partial charge in [-0.1, -0.05) is 60.2 Å². The number of β-amino-alcohol motifs (C(OH)–C–C–N with tert-alkyl or cyclic N) is 1. The SMILES string of the molecule is Cc1ccc(C(=O)[C@]2(CCCOCc3ccccc3)CCN(CCO)C2=O)cc1. The van der Waals surface area contributed by atoms with Crippen LogP contribution < -0.4 is 0 Å². The van der Waals surface area contributed by atoms with Gasteiger partial charge >= 0.3 is 0 Å². The molecule has 2 aromatic carbocycles. The van der Waals surface area contributed by atoms with Gasteiger partial charge in [0.05, 0.1) is 13.2 Å². The van der Waals surface area contributed by atoms with Crippen LogP contribution in [0.1, 0.15) is 40.7 Å². The zero-order valence-corrected chi connectivity index (χ0v) is 17.0. The van der Waals surface area contributed by atoms with Crippen LogP contribution in [0, 0.1) is 12.3 Å². The smallest absolute Gasteiger partial charge is 0.236 e. The summed E-state index contributed by atoms with van der Waals surface area (Å²) >= 11 is 0. The molecule has 2 aromatic rings. The molecule has 1 heterocycles. The number of hydrogen-bond donors (Lipinski definition) is 1. The van der Waals surface area contributed by atoms with E-state index in [1.807, 2.05) is 49.4 Å². The molecule has 0 unspecified atom stereocenters. The van der Waals surface area contributed by atoms with Gasteiger partial charge in [-0.05, 0) is 31.7 Å². The van der Waals surface area contributed by atoms with Crippen molar-refractivity contribution in [1.82, 2.24) is 4.90 Å². The van der Waals surface area contributed by atoms with Crippen molar-refractivity contribution in [1.29, 1.82) is 0 Å². The largest absolute Gasteiger partial charge is 0.395 e. The fourth-order valence-electron chi connectivity index (χ4n) is 3.95. The molecular formula is C24H29NO4. The first kappa shape index (κ1) is 21.2. The van der Waals surface area contributed by atoms with Crippen LogP contribution in [-0.2, 0) is 16.1 Å². The van der Waals surface area contributed by atoms with Crippen LogP contribution in [0.25, 0.3) is 0 Å². The van der Waals surface area contributed by atoms with E-state index in [-0.39, 0.29) is 24.8 Å². The molecule has 1 atom stereocenters. The number of aliphatic hydroxyl groups is 1. The van der Waals surface area contributed by atoms with Gasteiger partial charge in [-0.2, -0.15) is 0 Å². The number of amides is 1. The van der Waals surface area contributed by atoms with Crippen molar-refractivity contribution in [2.45, 2.75) is 32.8 Å². The number of ether oxygens (including phenoxy) is 1. The molecule has 1 aliphatic heterocycles. The number of carbonyl (C=O) groups excluding carboxylic acids is 2. The van der Waals surface area contributed by atoms with E-state index in [9.17, 15) is 14.7 Å². The lowest BCUT2D eigenvalue weighted by atomic mass is 9.75. The molecule has 29 heavy (non-hydrogen) atoms. The minimum Gasteiger partial charge on any atom is -0.395 e. The van der Waals surface area contributed by atoms with Gasteiger partial charge in [-0.25, -0.2) is 0 Å². The van der Waals surface area contributed by atoms with E-state index in [4.69, 9.17) is 4.74 Å². The highest BCUT2D eigenvalue weighted by Crippen LogP contribution is 2.39. The van der Waals surface area contributed by atoms with Crippen molar-refractivity contribution in [3.63, 3.8) is 0 Å². The Kier molecular flexibility index (Phi) is 7.18. The zero-order valence-electron chi connectivity index (χ0n) is 17.0. The summed E-state index contributed by atoms with van der Waals surface area (Å²) in [4.78, 5) is 28.1. The molecule has 5 heteroatoms. The monoisotopic (exact) mass is 395 g/mol. The second-order valence-electron chi connectivity index (χ2n) is 7.68. The van der Waals surface area contributed by atoms with E-state index >= 15 is 0 Å². The van der Waals surface area contributed by atoms with Gasteiger partial charge in [0.1, 0.15) is 5.41 Å². The van der Waals surface area contributed by atoms with Gasteiger partial charge < -0.3 is 14.7 Å². The topological polar surface area (TPSA) is 66.8 Å². The number of carbonyl (C=O) groups is 2. The van der Waals surface area contributed by atoms with E-state index in [2.05, 4.69) is 0 Å². The fourth-order valence-corrected chi connectivity index (χ4v) is 3.95. The van der Waals surface area contributed by atoms with Gasteiger partial charge in [0.25, 0.3) is 0 Å². The Hall–Kier alpha value is -2.50. The minimum absolute atomic E-state index is 0.0965. The maximum Gasteiger partial charge on any atom is 0.236 e. The second kappa shape index (κ2) is 9.81. The van der Waals surface area contributed by atoms with Crippen LogP contribution in [0.3, 0.4) is 0 Å². The Bertz CT molecular complexity index is 819. The lowest BCUT2D eigenvalue weighted by Crippen LogP contribution is -2.41. The van der Waals surface area contributed by atoms with Crippen LogP contribution in [0.4, 0.5) is 0 Å². The maximum atomic E-state index is 13.4. The lowest BCUT2D eigenvalue weighted by molar-refractivity contribution is -0.134. The van der Waals surface area contributed by atoms with Crippen LogP contribution in [0.2, 0.25) is 0 Å². The Morgan fingerprint density at radius 3 is 2.55 bits per heavy atom. The van der Waals surface area contributed by atoms with Crippen molar-refractivity contribution in [3.8, 4) is 0 Å². The molecule has 1 saturated heterocycles. The predicted octanol–water partition coefficient (Wildman–Crippen LogP) is 3.39. The molecule has 0 spiro atoms. The number of nitrogens with zero attached hydrogens (tertiary/aromatic N) is 1. The highest BCUT2D eigenvalue weighted by Gasteiger charge is 2.51. The van der Waals surface area contributed by atoms with Gasteiger partial charge in [-0.3, -0.25) is 9.59 Å². The summed E-state index contributed by atoms with van der Waals surface area (Å²) < 4.78 is 5.76. The van der Waals surface area contributed by atoms with Crippen LogP contribution in [-0.4, -0.2) is 48.0 Å². The number of likely N-dealkylation sites (tertiary alicyclic amines) is 1. The molecule has 1 amide bonds. The second-order valence-corrected chi connectivity index (χ2v) is 7.68. The third-order valence-electron chi connectivity index (χ3n) is 5.63. The summed E-state index contributed by atoms with van der Waals surface area (Å²) in [6.07, 6.45) is 1.57. The number of ketones is 1. The summed E-state index contributed by atoms with van der Waals surface area (Å²) in [5, 5.41) is 9.26. The molecule has 0 radical (unpaired) electrons. The van der Waals surface area contributed by atoms with Crippen molar-refractivity contribution in [2.75, 3.05) is 26.3 Å². The third-order valence-corrected chi connectivity index (χ3v) is 5.63. The summed E-state index contributed by atoms with van der Waals surface area (Å²) in [7, 11) is 0. The van der Waals surface area contributed by atoms with Crippen molar-refractivity contribution < 1.29 is 19.4 Å². The Balaban J connectivity index is 1.67. The Morgan fingerprint density at radius 2 is 1.86 bits per heavy atom. The van der Waals surface area contributed by atoms with Crippen molar-refractivity contribution >= 4 is 11.7 Å². The molecule has 1 N–H and O–H groups in total. The molecule has 1 fully saturated rings. The van der Waals surface area contributed by atoms with Gasteiger partial charge in [-0.15, -0.1) is 0 Å². The van der Waals surface area contributed by atoms with Gasteiger partial charge in [0.15, 0.2) is 5.78 Å². The fraction of sp³-hybridized carbons (Fsp3) is 0.417. The highest BCUT2D eigenvalue weighted by atomic mass is 16.5. The first-order valence-corrected chi connectivity index (χ1v) is 10.2. The number of aryl methyl sites for hydroxylation is 1. The van der Waals surface area contributed by atoms with Crippen molar-refractivity contribution in [2.24, 2.45) is 5.41 Å². The van der Waals surface area contributed by atoms with Gasteiger partial charge in [0.2, 0.25) is 5.91 Å². The van der Waals surface area contributed by atoms with Crippen molar-refractivity contribution in [3.05, 3.63) is 71.3 Å². The average Bonchev–Trinajstić information content (AvgIpc) is 3.05. The van der Waals surface area contributed by atoms with E-state index < -0.39 is 5.41 Å². The normalized spacial score (nSPS) is 19.0. The van der Waals surface area contributed by atoms with E-state index in [0.29, 0.717) is 44.6 Å². The first-order chi connectivity index (χ1) is 14.1. The summed E-state index contributed by atoms with van der Waals surface area (Å²) in [6.45, 7) is 3.65. The molecule has 0 aromatic heterocycles. The summed E-state index contributed by atoms with van der Waals surface area (Å²) in [5.74, 6) is -0.286. The summed E-state index contributed by atoms with van der Waals surface area (Å²) in [6, 6.07) is 17.3. The predicted molar refractivity (Wildman–Crippen MR) is 112 cm³/mol. The number of benzene rings is 2. The summed E-state index contributed by atoms with van der Waals surface area (Å²) in [5.41, 5.74) is 1.69. The molecule has 5 nitrogen and oxygen atoms in total. The molecular weight excluding hydrogens is 366 g/mol. The Labute approximate surface area is 172 Å². The van der Waals surface area contributed by atoms with E-state index in [1.54, 1.807) is 17.0 Å². The zero-order chi connectivity index (χ0) is 20.7. The quantitative estimate of drug-likeness (QED) is 0.380. The standard InChI is InChI=1S/C24H29NO4/c1-19-8-10-21(11-9-19)22(27)24(13-14-25(15-16-26)23(24)28)12-5-17-29-18-20-6-3-2-4-7-20/h2-4,6-11,26H,5,12-18H2,1H3/t24-/m0/s1. The van der Waals surface area contributed by atoms with E-state index in [1.165, 1.54) is 0 Å². The third kappa shape index (κ3) is 4.92. The molecule has 3 rings (SSSR count). The van der Waals surface area contributed by atoms with E-state index in [0.717, 1.165) is 11.1 Å². The first-order valence-electron chi connectivity index (χ1n) is 10.2. The van der Waals surface area contributed by atoms with Crippen LogP contribution in [0.5, 0.6) is 0 Å². The number of aliphatic hydroxyl groups excluding tert-OH is 1. The lowest BCUT2D eigenvalue weighted by Gasteiger charge is -2.26. The molecule has 0 bridgehead atoms. The maximum absolute atomic E-state index is 13.4. The molecule has 0 saturated carbocycles. The molecule has 1 aliphatic rings. The Morgan fingerprint density at radius 1 is 1.14 bits per heavy atom. The highest BCUT2D eigenvalue weighted by molar-refractivity contribution is 6.14. The van der Waals surface area contributed by atoms with Crippen LogP contribution in [0.15, 0.2) is 54.6 Å². The average molecular weight is 395 g/mol. The minimum atomic E-state index is -1.06.